The molecule has 0 aliphatic carbocycles. The van der Waals surface area contributed by atoms with Gasteiger partial charge >= 0.3 is 5.97 Å². The SMILES string of the molecule is Cc1cc(C)n(CCCNC(=O)COC(=O)c2ccc([N+](=O)[O-])cc2Cl)n1. The number of hydrogen-bond acceptors (Lipinski definition) is 6. The molecule has 0 saturated carbocycles. The molecule has 0 saturated heterocycles. The Morgan fingerprint density at radius 1 is 1.33 bits per heavy atom. The fourth-order valence-corrected chi connectivity index (χ4v) is 2.65. The maximum absolute atomic E-state index is 11.9. The van der Waals surface area contributed by atoms with Crippen LogP contribution in [0.15, 0.2) is 24.3 Å². The van der Waals surface area contributed by atoms with Gasteiger partial charge in [0.15, 0.2) is 6.61 Å². The third kappa shape index (κ3) is 5.78. The highest BCUT2D eigenvalue weighted by atomic mass is 35.5. The number of amides is 1. The van der Waals surface area contributed by atoms with Crippen molar-refractivity contribution < 1.29 is 19.2 Å². The van der Waals surface area contributed by atoms with Crippen LogP contribution in [0, 0.1) is 24.0 Å². The molecule has 1 N–H and O–H groups in total. The molecule has 1 heterocycles. The van der Waals surface area contributed by atoms with Crippen molar-refractivity contribution in [2.75, 3.05) is 13.2 Å². The van der Waals surface area contributed by atoms with Gasteiger partial charge in [0.05, 0.1) is 21.2 Å². The van der Waals surface area contributed by atoms with Gasteiger partial charge in [-0.25, -0.2) is 4.79 Å². The molecule has 0 aliphatic rings. The van der Waals surface area contributed by atoms with Crippen molar-refractivity contribution in [1.29, 1.82) is 0 Å². The number of benzene rings is 1. The van der Waals surface area contributed by atoms with Crippen molar-refractivity contribution in [2.24, 2.45) is 0 Å². The first-order valence-electron chi connectivity index (χ1n) is 8.16. The molecule has 9 nitrogen and oxygen atoms in total. The fourth-order valence-electron chi connectivity index (χ4n) is 2.40. The van der Waals surface area contributed by atoms with Crippen LogP contribution < -0.4 is 5.32 Å². The van der Waals surface area contributed by atoms with Gasteiger partial charge in [-0.3, -0.25) is 19.6 Å². The van der Waals surface area contributed by atoms with Crippen LogP contribution >= 0.6 is 11.6 Å². The van der Waals surface area contributed by atoms with Crippen molar-refractivity contribution in [3.05, 3.63) is 56.4 Å². The lowest BCUT2D eigenvalue weighted by Crippen LogP contribution is -2.30. The molecule has 2 rings (SSSR count). The number of carbonyl (C=O) groups is 2. The van der Waals surface area contributed by atoms with Crippen LogP contribution in [-0.2, 0) is 16.1 Å². The Hall–Kier alpha value is -2.94. The van der Waals surface area contributed by atoms with E-state index in [-0.39, 0.29) is 16.3 Å². The lowest BCUT2D eigenvalue weighted by atomic mass is 10.2. The fraction of sp³-hybridized carbons (Fsp3) is 0.353. The Labute approximate surface area is 160 Å². The maximum atomic E-state index is 11.9. The van der Waals surface area contributed by atoms with Crippen LogP contribution in [0.5, 0.6) is 0 Å². The Morgan fingerprint density at radius 2 is 2.07 bits per heavy atom. The zero-order chi connectivity index (χ0) is 20.0. The predicted molar refractivity (Wildman–Crippen MR) is 97.7 cm³/mol. The summed E-state index contributed by atoms with van der Waals surface area (Å²) in [5.74, 6) is -1.28. The van der Waals surface area contributed by atoms with Crippen molar-refractivity contribution in [3.63, 3.8) is 0 Å². The molecule has 0 radical (unpaired) electrons. The highest BCUT2D eigenvalue weighted by molar-refractivity contribution is 6.33. The van der Waals surface area contributed by atoms with Gasteiger partial charge in [0.1, 0.15) is 0 Å². The summed E-state index contributed by atoms with van der Waals surface area (Å²) in [6, 6.07) is 5.36. The number of nitro benzene ring substituents is 1. The Bertz CT molecular complexity index is 865. The molecule has 1 aromatic carbocycles. The third-order valence-corrected chi connectivity index (χ3v) is 4.00. The minimum atomic E-state index is -0.826. The molecule has 0 atom stereocenters. The topological polar surface area (TPSA) is 116 Å². The number of ether oxygens (including phenoxy) is 1. The molecule has 0 unspecified atom stereocenters. The summed E-state index contributed by atoms with van der Waals surface area (Å²) in [4.78, 5) is 33.7. The lowest BCUT2D eigenvalue weighted by Gasteiger charge is -2.08. The average molecular weight is 395 g/mol. The van der Waals surface area contributed by atoms with E-state index in [2.05, 4.69) is 10.4 Å². The van der Waals surface area contributed by atoms with E-state index >= 15 is 0 Å². The Kier molecular flexibility index (Phi) is 6.89. The van der Waals surface area contributed by atoms with E-state index in [1.54, 1.807) is 0 Å². The number of hydrogen-bond donors (Lipinski definition) is 1. The van der Waals surface area contributed by atoms with E-state index in [1.807, 2.05) is 24.6 Å². The number of nitrogens with one attached hydrogen (secondary N) is 1. The Balaban J connectivity index is 1.74. The number of nitro groups is 1. The first kappa shape index (κ1) is 20.4. The second-order valence-electron chi connectivity index (χ2n) is 5.85. The Morgan fingerprint density at radius 3 is 2.67 bits per heavy atom. The summed E-state index contributed by atoms with van der Waals surface area (Å²) >= 11 is 5.84. The summed E-state index contributed by atoms with van der Waals surface area (Å²) in [6.45, 7) is 4.48. The molecule has 1 aromatic heterocycles. The normalized spacial score (nSPS) is 10.5. The summed E-state index contributed by atoms with van der Waals surface area (Å²) in [7, 11) is 0. The van der Waals surface area contributed by atoms with E-state index in [1.165, 1.54) is 6.07 Å². The molecule has 1 amide bonds. The number of carbonyl (C=O) groups excluding carboxylic acids is 2. The van der Waals surface area contributed by atoms with Gasteiger partial charge in [0.2, 0.25) is 0 Å². The number of aromatic nitrogens is 2. The highest BCUT2D eigenvalue weighted by Gasteiger charge is 2.17. The number of esters is 1. The molecular formula is C17H19ClN4O5. The molecule has 10 heteroatoms. The molecule has 0 bridgehead atoms. The highest BCUT2D eigenvalue weighted by Crippen LogP contribution is 2.23. The van der Waals surface area contributed by atoms with E-state index in [0.29, 0.717) is 19.5 Å². The van der Waals surface area contributed by atoms with Crippen LogP contribution in [0.1, 0.15) is 28.2 Å². The minimum Gasteiger partial charge on any atom is -0.452 e. The van der Waals surface area contributed by atoms with Gasteiger partial charge in [-0.2, -0.15) is 5.10 Å². The summed E-state index contributed by atoms with van der Waals surface area (Å²) < 4.78 is 6.75. The summed E-state index contributed by atoms with van der Waals surface area (Å²) in [5, 5.41) is 17.5. The number of halogens is 1. The first-order valence-corrected chi connectivity index (χ1v) is 8.54. The molecule has 27 heavy (non-hydrogen) atoms. The average Bonchev–Trinajstić information content (AvgIpc) is 2.93. The van der Waals surface area contributed by atoms with Crippen molar-refractivity contribution >= 4 is 29.2 Å². The standard InChI is InChI=1S/C17H19ClN4O5/c1-11-8-12(2)21(20-11)7-3-6-19-16(23)10-27-17(24)14-5-4-13(22(25)26)9-15(14)18/h4-5,8-9H,3,6-7,10H2,1-2H3,(H,19,23). The minimum absolute atomic E-state index is 0.0420. The van der Waals surface area contributed by atoms with Gasteiger partial charge in [-0.15, -0.1) is 0 Å². The van der Waals surface area contributed by atoms with Crippen molar-refractivity contribution in [2.45, 2.75) is 26.8 Å². The number of aryl methyl sites for hydroxylation is 3. The molecule has 0 fully saturated rings. The van der Waals surface area contributed by atoms with E-state index in [4.69, 9.17) is 16.3 Å². The molecule has 144 valence electrons. The van der Waals surface area contributed by atoms with Crippen LogP contribution in [0.4, 0.5) is 5.69 Å². The summed E-state index contributed by atoms with van der Waals surface area (Å²) in [6.07, 6.45) is 0.676. The largest absolute Gasteiger partial charge is 0.452 e. The smallest absolute Gasteiger partial charge is 0.340 e. The van der Waals surface area contributed by atoms with Gasteiger partial charge < -0.3 is 10.1 Å². The van der Waals surface area contributed by atoms with Gasteiger partial charge in [-0.05, 0) is 32.4 Å². The monoisotopic (exact) mass is 394 g/mol. The zero-order valence-corrected chi connectivity index (χ0v) is 15.7. The van der Waals surface area contributed by atoms with E-state index < -0.39 is 23.4 Å². The van der Waals surface area contributed by atoms with Crippen LogP contribution in [0.25, 0.3) is 0 Å². The second kappa shape index (κ2) is 9.13. The quantitative estimate of drug-likeness (QED) is 0.318. The molecule has 0 aliphatic heterocycles. The van der Waals surface area contributed by atoms with E-state index in [0.717, 1.165) is 23.5 Å². The maximum Gasteiger partial charge on any atom is 0.340 e. The second-order valence-corrected chi connectivity index (χ2v) is 6.26. The van der Waals surface area contributed by atoms with E-state index in [9.17, 15) is 19.7 Å². The third-order valence-electron chi connectivity index (χ3n) is 3.69. The lowest BCUT2D eigenvalue weighted by molar-refractivity contribution is -0.384. The number of rotatable bonds is 8. The van der Waals surface area contributed by atoms with Crippen LogP contribution in [0.2, 0.25) is 5.02 Å². The van der Waals surface area contributed by atoms with Crippen molar-refractivity contribution in [3.8, 4) is 0 Å². The first-order chi connectivity index (χ1) is 12.8. The number of nitrogens with zero attached hydrogens (tertiary/aromatic N) is 3. The van der Waals surface area contributed by atoms with Crippen LogP contribution in [-0.4, -0.2) is 39.7 Å². The van der Waals surface area contributed by atoms with Gasteiger partial charge in [0, 0.05) is 30.9 Å². The zero-order valence-electron chi connectivity index (χ0n) is 14.9. The predicted octanol–water partition coefficient (Wildman–Crippen LogP) is 2.42. The number of non-ortho nitro benzene ring substituents is 1. The molecule has 0 spiro atoms. The molecule has 2 aromatic rings. The van der Waals surface area contributed by atoms with Gasteiger partial charge in [0.25, 0.3) is 11.6 Å². The van der Waals surface area contributed by atoms with Crippen LogP contribution in [0.3, 0.4) is 0 Å². The van der Waals surface area contributed by atoms with Crippen molar-refractivity contribution in [1.82, 2.24) is 15.1 Å². The summed E-state index contributed by atoms with van der Waals surface area (Å²) in [5.41, 5.74) is 1.71. The van der Waals surface area contributed by atoms with Gasteiger partial charge in [-0.1, -0.05) is 11.6 Å². The molecular weight excluding hydrogens is 376 g/mol.